The predicted octanol–water partition coefficient (Wildman–Crippen LogP) is 1.86. The van der Waals surface area contributed by atoms with Gasteiger partial charge in [0.25, 0.3) is 0 Å². The molecule has 0 aromatic carbocycles. The van der Waals surface area contributed by atoms with E-state index in [1.165, 1.54) is 12.3 Å². The van der Waals surface area contributed by atoms with Gasteiger partial charge in [0.05, 0.1) is 5.56 Å². The molecule has 5 heteroatoms. The number of nitrogens with zero attached hydrogens (tertiary/aromatic N) is 1. The number of alkyl halides is 3. The molecule has 1 N–H and O–H groups in total. The Balaban J connectivity index is 2.21. The van der Waals surface area contributed by atoms with Crippen LogP contribution in [0.1, 0.15) is 11.1 Å². The van der Waals surface area contributed by atoms with Crippen LogP contribution in [0.25, 0.3) is 0 Å². The second kappa shape index (κ2) is 3.81. The topological polar surface area (TPSA) is 24.9 Å². The molecule has 15 heavy (non-hydrogen) atoms. The Hall–Kier alpha value is -1.10. The molecule has 0 radical (unpaired) electrons. The number of nitrogens with one attached hydrogen (secondary N) is 1. The Morgan fingerprint density at radius 1 is 1.40 bits per heavy atom. The maximum atomic E-state index is 12.6. The molecule has 0 spiro atoms. The third-order valence-electron chi connectivity index (χ3n) is 2.59. The summed E-state index contributed by atoms with van der Waals surface area (Å²) in [5.74, 6) is 0.327. The summed E-state index contributed by atoms with van der Waals surface area (Å²) in [7, 11) is 0. The van der Waals surface area contributed by atoms with Gasteiger partial charge >= 0.3 is 6.18 Å². The molecule has 1 aliphatic heterocycles. The van der Waals surface area contributed by atoms with Crippen molar-refractivity contribution in [3.8, 4) is 0 Å². The Bertz CT molecular complexity index is 345. The van der Waals surface area contributed by atoms with Gasteiger partial charge in [-0.05, 0) is 37.1 Å². The number of pyridine rings is 1. The predicted molar refractivity (Wildman–Crippen MR) is 49.3 cm³/mol. The van der Waals surface area contributed by atoms with Crippen molar-refractivity contribution >= 4 is 0 Å². The Kier molecular flexibility index (Phi) is 2.65. The second-order valence-corrected chi connectivity index (χ2v) is 3.76. The molecule has 0 saturated carbocycles. The first-order valence-electron chi connectivity index (χ1n) is 4.78. The molecule has 1 aliphatic rings. The SMILES string of the molecule is FC(F)(F)c1cnccc1CC1CNC1. The van der Waals surface area contributed by atoms with E-state index < -0.39 is 11.7 Å². The van der Waals surface area contributed by atoms with Crippen molar-refractivity contribution in [1.29, 1.82) is 0 Å². The van der Waals surface area contributed by atoms with Crippen molar-refractivity contribution in [3.05, 3.63) is 29.6 Å². The van der Waals surface area contributed by atoms with Crippen LogP contribution >= 0.6 is 0 Å². The average molecular weight is 216 g/mol. The van der Waals surface area contributed by atoms with Crippen LogP contribution in [0, 0.1) is 5.92 Å². The largest absolute Gasteiger partial charge is 0.418 e. The van der Waals surface area contributed by atoms with E-state index >= 15 is 0 Å². The molecule has 0 amide bonds. The summed E-state index contributed by atoms with van der Waals surface area (Å²) in [4.78, 5) is 3.53. The fourth-order valence-corrected chi connectivity index (χ4v) is 1.66. The fourth-order valence-electron chi connectivity index (χ4n) is 1.66. The van der Waals surface area contributed by atoms with E-state index in [4.69, 9.17) is 0 Å². The zero-order valence-corrected chi connectivity index (χ0v) is 8.01. The van der Waals surface area contributed by atoms with E-state index in [9.17, 15) is 13.2 Å². The minimum absolute atomic E-state index is 0.327. The minimum Gasteiger partial charge on any atom is -0.316 e. The Morgan fingerprint density at radius 2 is 2.13 bits per heavy atom. The van der Waals surface area contributed by atoms with Crippen LogP contribution in [0.5, 0.6) is 0 Å². The van der Waals surface area contributed by atoms with Crippen molar-refractivity contribution in [2.24, 2.45) is 5.92 Å². The molecule has 1 aromatic heterocycles. The molecule has 0 bridgehead atoms. The van der Waals surface area contributed by atoms with Gasteiger partial charge in [-0.15, -0.1) is 0 Å². The van der Waals surface area contributed by atoms with Gasteiger partial charge in [-0.1, -0.05) is 0 Å². The van der Waals surface area contributed by atoms with Crippen molar-refractivity contribution in [2.75, 3.05) is 13.1 Å². The molecular formula is C10H11F3N2. The average Bonchev–Trinajstić information content (AvgIpc) is 2.10. The highest BCUT2D eigenvalue weighted by Gasteiger charge is 2.34. The highest BCUT2D eigenvalue weighted by atomic mass is 19.4. The number of aromatic nitrogens is 1. The lowest BCUT2D eigenvalue weighted by atomic mass is 9.92. The summed E-state index contributed by atoms with van der Waals surface area (Å²) in [6.45, 7) is 1.61. The lowest BCUT2D eigenvalue weighted by Crippen LogP contribution is -2.43. The summed E-state index contributed by atoms with van der Waals surface area (Å²) >= 11 is 0. The van der Waals surface area contributed by atoms with Gasteiger partial charge < -0.3 is 5.32 Å². The molecule has 2 rings (SSSR count). The van der Waals surface area contributed by atoms with E-state index in [0.29, 0.717) is 17.9 Å². The molecule has 0 atom stereocenters. The maximum absolute atomic E-state index is 12.6. The molecule has 1 fully saturated rings. The fraction of sp³-hybridized carbons (Fsp3) is 0.500. The monoisotopic (exact) mass is 216 g/mol. The van der Waals surface area contributed by atoms with Crippen LogP contribution in [0.15, 0.2) is 18.5 Å². The highest BCUT2D eigenvalue weighted by Crippen LogP contribution is 2.32. The standard InChI is InChI=1S/C10H11F3N2/c11-10(12,13)9-6-14-2-1-8(9)3-7-4-15-5-7/h1-2,6-7,15H,3-5H2. The first-order chi connectivity index (χ1) is 7.07. The van der Waals surface area contributed by atoms with Crippen LogP contribution in [-0.4, -0.2) is 18.1 Å². The second-order valence-electron chi connectivity index (χ2n) is 3.76. The van der Waals surface area contributed by atoms with Gasteiger partial charge in [0.15, 0.2) is 0 Å². The first kappa shape index (κ1) is 10.4. The van der Waals surface area contributed by atoms with Crippen molar-refractivity contribution in [3.63, 3.8) is 0 Å². The molecule has 2 nitrogen and oxygen atoms in total. The van der Waals surface area contributed by atoms with E-state index in [1.807, 2.05) is 0 Å². The number of halogens is 3. The number of rotatable bonds is 2. The van der Waals surface area contributed by atoms with Crippen LogP contribution in [0.2, 0.25) is 0 Å². The van der Waals surface area contributed by atoms with Gasteiger partial charge in [0, 0.05) is 12.4 Å². The third-order valence-corrected chi connectivity index (χ3v) is 2.59. The van der Waals surface area contributed by atoms with Gasteiger partial charge in [-0.2, -0.15) is 13.2 Å². The molecule has 1 aromatic rings. The summed E-state index contributed by atoms with van der Waals surface area (Å²) in [5.41, 5.74) is -0.249. The maximum Gasteiger partial charge on any atom is 0.418 e. The Morgan fingerprint density at radius 3 is 2.67 bits per heavy atom. The van der Waals surface area contributed by atoms with Crippen LogP contribution in [-0.2, 0) is 12.6 Å². The van der Waals surface area contributed by atoms with E-state index in [2.05, 4.69) is 10.3 Å². The number of hydrogen-bond acceptors (Lipinski definition) is 2. The van der Waals surface area contributed by atoms with Crippen molar-refractivity contribution in [2.45, 2.75) is 12.6 Å². The van der Waals surface area contributed by atoms with Crippen molar-refractivity contribution in [1.82, 2.24) is 10.3 Å². The molecule has 2 heterocycles. The summed E-state index contributed by atoms with van der Waals surface area (Å²) < 4.78 is 37.7. The van der Waals surface area contributed by atoms with Gasteiger partial charge in [-0.25, -0.2) is 0 Å². The van der Waals surface area contributed by atoms with E-state index in [0.717, 1.165) is 19.3 Å². The third kappa shape index (κ3) is 2.28. The van der Waals surface area contributed by atoms with Crippen LogP contribution in [0.3, 0.4) is 0 Å². The molecule has 0 aliphatic carbocycles. The Labute approximate surface area is 85.5 Å². The summed E-state index contributed by atoms with van der Waals surface area (Å²) in [5, 5.41) is 3.04. The van der Waals surface area contributed by atoms with Crippen LogP contribution in [0.4, 0.5) is 13.2 Å². The first-order valence-corrected chi connectivity index (χ1v) is 4.78. The van der Waals surface area contributed by atoms with Gasteiger partial charge in [0.1, 0.15) is 0 Å². The summed E-state index contributed by atoms with van der Waals surface area (Å²) in [6.07, 6.45) is -1.50. The molecule has 0 unspecified atom stereocenters. The van der Waals surface area contributed by atoms with Gasteiger partial charge in [-0.3, -0.25) is 4.98 Å². The molecular weight excluding hydrogens is 205 g/mol. The zero-order valence-electron chi connectivity index (χ0n) is 8.01. The number of hydrogen-bond donors (Lipinski definition) is 1. The van der Waals surface area contributed by atoms with Gasteiger partial charge in [0.2, 0.25) is 0 Å². The van der Waals surface area contributed by atoms with E-state index in [-0.39, 0.29) is 0 Å². The quantitative estimate of drug-likeness (QED) is 0.816. The smallest absolute Gasteiger partial charge is 0.316 e. The molecule has 1 saturated heterocycles. The lowest BCUT2D eigenvalue weighted by Gasteiger charge is -2.27. The molecule has 82 valence electrons. The van der Waals surface area contributed by atoms with E-state index in [1.54, 1.807) is 0 Å². The van der Waals surface area contributed by atoms with Crippen LogP contribution < -0.4 is 5.32 Å². The zero-order chi connectivity index (χ0) is 10.9. The lowest BCUT2D eigenvalue weighted by molar-refractivity contribution is -0.138. The minimum atomic E-state index is -4.29. The normalized spacial score (nSPS) is 17.5. The van der Waals surface area contributed by atoms with Crippen molar-refractivity contribution < 1.29 is 13.2 Å². The highest BCUT2D eigenvalue weighted by molar-refractivity contribution is 5.26. The summed E-state index contributed by atoms with van der Waals surface area (Å²) in [6, 6.07) is 1.46.